The van der Waals surface area contributed by atoms with Gasteiger partial charge in [-0.1, -0.05) is 37.3 Å². The molecule has 1 N–H and O–H groups in total. The van der Waals surface area contributed by atoms with E-state index in [1.54, 1.807) is 0 Å². The lowest BCUT2D eigenvalue weighted by atomic mass is 10.0. The SMILES string of the molecule is CCC(Nc1cc(C(=O)OC)ccc1F)c1ccccc1. The molecule has 0 spiro atoms. The van der Waals surface area contributed by atoms with Crippen molar-refractivity contribution in [1.82, 2.24) is 0 Å². The van der Waals surface area contributed by atoms with E-state index in [1.165, 1.54) is 25.3 Å². The minimum atomic E-state index is -0.481. The Bertz CT molecular complexity index is 613. The van der Waals surface area contributed by atoms with Crippen molar-refractivity contribution in [1.29, 1.82) is 0 Å². The molecule has 2 aromatic rings. The molecular formula is C17H18FNO2. The Morgan fingerprint density at radius 3 is 2.57 bits per heavy atom. The van der Waals surface area contributed by atoms with E-state index in [-0.39, 0.29) is 6.04 Å². The average molecular weight is 287 g/mol. The molecule has 0 radical (unpaired) electrons. The van der Waals surface area contributed by atoms with E-state index >= 15 is 0 Å². The Balaban J connectivity index is 2.27. The number of esters is 1. The minimum Gasteiger partial charge on any atom is -0.465 e. The molecule has 0 bridgehead atoms. The van der Waals surface area contributed by atoms with Crippen LogP contribution in [0.25, 0.3) is 0 Å². The fourth-order valence-electron chi connectivity index (χ4n) is 2.17. The standard InChI is InChI=1S/C17H18FNO2/c1-3-15(12-7-5-4-6-8-12)19-16-11-13(17(20)21-2)9-10-14(16)18/h4-11,15,19H,3H2,1-2H3. The molecule has 3 nitrogen and oxygen atoms in total. The number of hydrogen-bond acceptors (Lipinski definition) is 3. The predicted molar refractivity (Wildman–Crippen MR) is 80.8 cm³/mol. The zero-order valence-corrected chi connectivity index (χ0v) is 12.1. The van der Waals surface area contributed by atoms with Crippen molar-refractivity contribution in [3.8, 4) is 0 Å². The summed E-state index contributed by atoms with van der Waals surface area (Å²) in [5, 5.41) is 3.15. The van der Waals surface area contributed by atoms with Crippen molar-refractivity contribution in [3.63, 3.8) is 0 Å². The topological polar surface area (TPSA) is 38.3 Å². The summed E-state index contributed by atoms with van der Waals surface area (Å²) in [7, 11) is 1.30. The van der Waals surface area contributed by atoms with Gasteiger partial charge in [0.2, 0.25) is 0 Å². The number of rotatable bonds is 5. The van der Waals surface area contributed by atoms with Gasteiger partial charge in [0.05, 0.1) is 24.4 Å². The van der Waals surface area contributed by atoms with Crippen LogP contribution >= 0.6 is 0 Å². The third-order valence-electron chi connectivity index (χ3n) is 3.33. The molecule has 21 heavy (non-hydrogen) atoms. The van der Waals surface area contributed by atoms with E-state index in [9.17, 15) is 9.18 Å². The van der Waals surface area contributed by atoms with Crippen molar-refractivity contribution in [2.45, 2.75) is 19.4 Å². The lowest BCUT2D eigenvalue weighted by Gasteiger charge is -2.19. The molecule has 110 valence electrons. The summed E-state index contributed by atoms with van der Waals surface area (Å²) < 4.78 is 18.6. The molecule has 0 aromatic heterocycles. The van der Waals surface area contributed by atoms with Gasteiger partial charge in [-0.25, -0.2) is 9.18 Å². The molecule has 1 atom stereocenters. The van der Waals surface area contributed by atoms with Gasteiger partial charge in [0.1, 0.15) is 5.82 Å². The zero-order chi connectivity index (χ0) is 15.2. The number of ether oxygens (including phenoxy) is 1. The highest BCUT2D eigenvalue weighted by molar-refractivity contribution is 5.90. The third kappa shape index (κ3) is 3.60. The Morgan fingerprint density at radius 2 is 1.95 bits per heavy atom. The number of methoxy groups -OCH3 is 1. The van der Waals surface area contributed by atoms with Crippen LogP contribution in [0.4, 0.5) is 10.1 Å². The molecule has 0 saturated heterocycles. The average Bonchev–Trinajstić information content (AvgIpc) is 2.54. The first kappa shape index (κ1) is 15.0. The van der Waals surface area contributed by atoms with E-state index in [4.69, 9.17) is 0 Å². The molecule has 4 heteroatoms. The number of carbonyl (C=O) groups is 1. The van der Waals surface area contributed by atoms with E-state index in [1.807, 2.05) is 37.3 Å². The van der Waals surface area contributed by atoms with Gasteiger partial charge in [-0.05, 0) is 30.2 Å². The molecule has 1 unspecified atom stereocenters. The molecule has 2 rings (SSSR count). The second-order valence-corrected chi connectivity index (χ2v) is 4.70. The van der Waals surface area contributed by atoms with Crippen LogP contribution in [0.2, 0.25) is 0 Å². The van der Waals surface area contributed by atoms with Gasteiger partial charge < -0.3 is 10.1 Å². The van der Waals surface area contributed by atoms with Crippen molar-refractivity contribution >= 4 is 11.7 Å². The summed E-state index contributed by atoms with van der Waals surface area (Å²) in [6.45, 7) is 2.02. The van der Waals surface area contributed by atoms with Crippen molar-refractivity contribution in [2.24, 2.45) is 0 Å². The number of carbonyl (C=O) groups excluding carboxylic acids is 1. The first-order valence-corrected chi connectivity index (χ1v) is 6.85. The summed E-state index contributed by atoms with van der Waals surface area (Å²) in [6, 6.07) is 14.0. The van der Waals surface area contributed by atoms with Crippen LogP contribution in [-0.4, -0.2) is 13.1 Å². The number of nitrogens with one attached hydrogen (secondary N) is 1. The lowest BCUT2D eigenvalue weighted by Crippen LogP contribution is -2.12. The molecule has 2 aromatic carbocycles. The molecular weight excluding hydrogens is 269 g/mol. The van der Waals surface area contributed by atoms with E-state index in [2.05, 4.69) is 10.1 Å². The number of hydrogen-bond donors (Lipinski definition) is 1. The van der Waals surface area contributed by atoms with Gasteiger partial charge in [0.25, 0.3) is 0 Å². The van der Waals surface area contributed by atoms with Crippen LogP contribution in [0, 0.1) is 5.82 Å². The predicted octanol–water partition coefficient (Wildman–Crippen LogP) is 4.18. The van der Waals surface area contributed by atoms with Gasteiger partial charge in [-0.2, -0.15) is 0 Å². The van der Waals surface area contributed by atoms with Gasteiger partial charge in [0.15, 0.2) is 0 Å². The van der Waals surface area contributed by atoms with Gasteiger partial charge in [-0.15, -0.1) is 0 Å². The fourth-order valence-corrected chi connectivity index (χ4v) is 2.17. The van der Waals surface area contributed by atoms with Crippen LogP contribution < -0.4 is 5.32 Å². The van der Waals surface area contributed by atoms with Gasteiger partial charge in [-0.3, -0.25) is 0 Å². The highest BCUT2D eigenvalue weighted by atomic mass is 19.1. The van der Waals surface area contributed by atoms with Crippen LogP contribution in [0.3, 0.4) is 0 Å². The maximum atomic E-state index is 13.9. The summed E-state index contributed by atoms with van der Waals surface area (Å²) in [4.78, 5) is 11.5. The molecule has 0 fully saturated rings. The van der Waals surface area contributed by atoms with Crippen LogP contribution in [0.1, 0.15) is 35.3 Å². The fraction of sp³-hybridized carbons (Fsp3) is 0.235. The van der Waals surface area contributed by atoms with E-state index in [0.717, 1.165) is 12.0 Å². The maximum Gasteiger partial charge on any atom is 0.337 e. The normalized spacial score (nSPS) is 11.8. The number of benzene rings is 2. The Labute approximate surface area is 123 Å². The highest BCUT2D eigenvalue weighted by Gasteiger charge is 2.14. The van der Waals surface area contributed by atoms with Crippen LogP contribution in [-0.2, 0) is 4.74 Å². The van der Waals surface area contributed by atoms with Crippen molar-refractivity contribution in [3.05, 3.63) is 65.5 Å². The molecule has 0 amide bonds. The van der Waals surface area contributed by atoms with Gasteiger partial charge in [0, 0.05) is 0 Å². The third-order valence-corrected chi connectivity index (χ3v) is 3.33. The minimum absolute atomic E-state index is 0.0198. The van der Waals surface area contributed by atoms with Crippen molar-refractivity contribution < 1.29 is 13.9 Å². The lowest BCUT2D eigenvalue weighted by molar-refractivity contribution is 0.0600. The first-order chi connectivity index (χ1) is 10.2. The summed E-state index contributed by atoms with van der Waals surface area (Å²) in [5.74, 6) is -0.872. The largest absolute Gasteiger partial charge is 0.465 e. The van der Waals surface area contributed by atoms with Crippen molar-refractivity contribution in [2.75, 3.05) is 12.4 Å². The molecule has 0 aliphatic heterocycles. The summed E-state index contributed by atoms with van der Waals surface area (Å²) >= 11 is 0. The maximum absolute atomic E-state index is 13.9. The Kier molecular flexibility index (Phi) is 4.93. The second-order valence-electron chi connectivity index (χ2n) is 4.70. The summed E-state index contributed by atoms with van der Waals surface area (Å²) in [5.41, 5.74) is 1.70. The molecule has 0 aliphatic carbocycles. The molecule has 0 saturated carbocycles. The second kappa shape index (κ2) is 6.88. The Hall–Kier alpha value is -2.36. The Morgan fingerprint density at radius 1 is 1.24 bits per heavy atom. The van der Waals surface area contributed by atoms with Gasteiger partial charge >= 0.3 is 5.97 Å². The number of anilines is 1. The van der Waals surface area contributed by atoms with E-state index < -0.39 is 11.8 Å². The monoisotopic (exact) mass is 287 g/mol. The first-order valence-electron chi connectivity index (χ1n) is 6.85. The smallest absolute Gasteiger partial charge is 0.337 e. The quantitative estimate of drug-likeness (QED) is 0.839. The summed E-state index contributed by atoms with van der Waals surface area (Å²) in [6.07, 6.45) is 0.798. The van der Waals surface area contributed by atoms with E-state index in [0.29, 0.717) is 11.3 Å². The number of halogens is 1. The zero-order valence-electron chi connectivity index (χ0n) is 12.1. The van der Waals surface area contributed by atoms with Crippen LogP contribution in [0.15, 0.2) is 48.5 Å². The van der Waals surface area contributed by atoms with Crippen LogP contribution in [0.5, 0.6) is 0 Å². The molecule has 0 heterocycles. The highest BCUT2D eigenvalue weighted by Crippen LogP contribution is 2.25. The molecule has 0 aliphatic rings.